The molecular weight excluding hydrogens is 280 g/mol. The quantitative estimate of drug-likeness (QED) is 0.874. The highest BCUT2D eigenvalue weighted by atomic mass is 32.2. The van der Waals surface area contributed by atoms with Gasteiger partial charge in [0.15, 0.2) is 0 Å². The summed E-state index contributed by atoms with van der Waals surface area (Å²) >= 11 is 0. The Hall–Kier alpha value is -1.52. The van der Waals surface area contributed by atoms with Crippen LogP contribution in [0.3, 0.4) is 0 Å². The smallest absolute Gasteiger partial charge is 0.0574 e. The average Bonchev–Trinajstić information content (AvgIpc) is 2.90. The molecule has 3 atom stereocenters. The third-order valence-corrected chi connectivity index (χ3v) is 5.82. The lowest BCUT2D eigenvalue weighted by atomic mass is 10.1. The van der Waals surface area contributed by atoms with Gasteiger partial charge in [0, 0.05) is 29.9 Å². The largest absolute Gasteiger partial charge is 0.298 e. The molecule has 0 amide bonds. The minimum atomic E-state index is -0.944. The summed E-state index contributed by atoms with van der Waals surface area (Å²) < 4.78 is 12.7. The first-order valence-corrected chi connectivity index (χ1v) is 8.44. The summed E-state index contributed by atoms with van der Waals surface area (Å²) in [5.41, 5.74) is 2.41. The highest BCUT2D eigenvalue weighted by Gasteiger charge is 2.34. The molecule has 1 fully saturated rings. The molecule has 1 aromatic carbocycles. The van der Waals surface area contributed by atoms with Gasteiger partial charge in [0.1, 0.15) is 0 Å². The Kier molecular flexibility index (Phi) is 4.17. The Morgan fingerprint density at radius 3 is 2.67 bits per heavy atom. The zero-order valence-electron chi connectivity index (χ0n) is 12.4. The topological polar surface area (TPSA) is 33.2 Å². The molecule has 0 spiro atoms. The molecule has 3 rings (SSSR count). The average molecular weight is 300 g/mol. The molecule has 0 saturated carbocycles. The third-order valence-electron chi connectivity index (χ3n) is 4.14. The molecule has 2 aromatic rings. The summed E-state index contributed by atoms with van der Waals surface area (Å²) in [6, 6.07) is 12.4. The van der Waals surface area contributed by atoms with Crippen LogP contribution in [-0.4, -0.2) is 32.9 Å². The molecule has 0 aliphatic carbocycles. The van der Waals surface area contributed by atoms with Gasteiger partial charge in [0.05, 0.1) is 16.0 Å². The number of hydrogen-bond acceptors (Lipinski definition) is 3. The minimum Gasteiger partial charge on any atom is -0.298 e. The number of aryl methyl sites for hydroxylation is 1. The number of nitrogens with zero attached hydrogens (tertiary/aromatic N) is 2. The van der Waals surface area contributed by atoms with Crippen molar-refractivity contribution in [2.24, 2.45) is 0 Å². The second kappa shape index (κ2) is 6.08. The number of aromatic nitrogens is 1. The molecule has 0 N–H and O–H groups in total. The van der Waals surface area contributed by atoms with Gasteiger partial charge < -0.3 is 0 Å². The van der Waals surface area contributed by atoms with E-state index in [0.29, 0.717) is 6.04 Å². The molecule has 0 radical (unpaired) electrons. The standard InChI is InChI=1S/C17H20N2OS/c1-13-5-7-15(8-6-13)21(20)16-10-17(19(2)12-16)14-4-3-9-18-11-14/h3-9,11,16-17H,10,12H2,1-2H3/t16?,17-,21-/m0/s1. The van der Waals surface area contributed by atoms with Gasteiger partial charge in [-0.2, -0.15) is 0 Å². The molecule has 0 bridgehead atoms. The highest BCUT2D eigenvalue weighted by molar-refractivity contribution is 7.85. The van der Waals surface area contributed by atoms with Crippen LogP contribution in [0.2, 0.25) is 0 Å². The van der Waals surface area contributed by atoms with E-state index < -0.39 is 10.8 Å². The van der Waals surface area contributed by atoms with Crippen molar-refractivity contribution >= 4 is 10.8 Å². The molecule has 1 aliphatic rings. The van der Waals surface area contributed by atoms with Crippen molar-refractivity contribution in [3.63, 3.8) is 0 Å². The van der Waals surface area contributed by atoms with E-state index in [1.807, 2.05) is 36.5 Å². The maximum atomic E-state index is 12.7. The van der Waals surface area contributed by atoms with Crippen LogP contribution in [0.1, 0.15) is 23.6 Å². The first-order chi connectivity index (χ1) is 10.1. The lowest BCUT2D eigenvalue weighted by Gasteiger charge is -2.18. The van der Waals surface area contributed by atoms with Crippen molar-refractivity contribution in [2.75, 3.05) is 13.6 Å². The van der Waals surface area contributed by atoms with Crippen LogP contribution in [0.25, 0.3) is 0 Å². The Morgan fingerprint density at radius 2 is 2.00 bits per heavy atom. The number of pyridine rings is 1. The van der Waals surface area contributed by atoms with E-state index in [2.05, 4.69) is 29.9 Å². The second-order valence-corrected chi connectivity index (χ2v) is 7.44. The van der Waals surface area contributed by atoms with Crippen molar-refractivity contribution in [1.82, 2.24) is 9.88 Å². The number of likely N-dealkylation sites (tertiary alicyclic amines) is 1. The lowest BCUT2D eigenvalue weighted by Crippen LogP contribution is -2.21. The molecule has 1 unspecified atom stereocenters. The maximum absolute atomic E-state index is 12.7. The van der Waals surface area contributed by atoms with E-state index >= 15 is 0 Å². The van der Waals surface area contributed by atoms with E-state index in [-0.39, 0.29) is 5.25 Å². The van der Waals surface area contributed by atoms with Crippen molar-refractivity contribution in [2.45, 2.75) is 29.5 Å². The number of rotatable bonds is 3. The third kappa shape index (κ3) is 3.06. The molecule has 110 valence electrons. The zero-order valence-corrected chi connectivity index (χ0v) is 13.2. The van der Waals surface area contributed by atoms with E-state index in [0.717, 1.165) is 17.9 Å². The summed E-state index contributed by atoms with van der Waals surface area (Å²) in [4.78, 5) is 7.42. The fourth-order valence-electron chi connectivity index (χ4n) is 2.94. The second-order valence-electron chi connectivity index (χ2n) is 5.71. The Balaban J connectivity index is 1.76. The van der Waals surface area contributed by atoms with Crippen molar-refractivity contribution in [1.29, 1.82) is 0 Å². The van der Waals surface area contributed by atoms with Crippen LogP contribution in [-0.2, 0) is 10.8 Å². The molecule has 4 heteroatoms. The fourth-order valence-corrected chi connectivity index (χ4v) is 4.45. The van der Waals surface area contributed by atoms with Gasteiger partial charge in [0.2, 0.25) is 0 Å². The van der Waals surface area contributed by atoms with Gasteiger partial charge >= 0.3 is 0 Å². The summed E-state index contributed by atoms with van der Waals surface area (Å²) in [6.07, 6.45) is 4.63. The van der Waals surface area contributed by atoms with E-state index in [1.54, 1.807) is 6.20 Å². The lowest BCUT2D eigenvalue weighted by molar-refractivity contribution is 0.317. The van der Waals surface area contributed by atoms with Crippen LogP contribution in [0, 0.1) is 6.92 Å². The summed E-state index contributed by atoms with van der Waals surface area (Å²) in [5.74, 6) is 0. The number of hydrogen-bond donors (Lipinski definition) is 0. The Bertz CT molecular complexity index is 627. The van der Waals surface area contributed by atoms with Gasteiger partial charge in [0.25, 0.3) is 0 Å². The molecule has 3 nitrogen and oxygen atoms in total. The van der Waals surface area contributed by atoms with Crippen LogP contribution in [0.15, 0.2) is 53.7 Å². The van der Waals surface area contributed by atoms with Gasteiger partial charge in [-0.3, -0.25) is 14.1 Å². The van der Waals surface area contributed by atoms with Gasteiger partial charge in [-0.15, -0.1) is 0 Å². The first-order valence-electron chi connectivity index (χ1n) is 7.22. The predicted octanol–water partition coefficient (Wildman–Crippen LogP) is 2.94. The van der Waals surface area contributed by atoms with E-state index in [9.17, 15) is 4.21 Å². The molecule has 1 saturated heterocycles. The maximum Gasteiger partial charge on any atom is 0.0574 e. The normalized spacial score (nSPS) is 24.1. The summed E-state index contributed by atoms with van der Waals surface area (Å²) in [5, 5.41) is 0.183. The van der Waals surface area contributed by atoms with Gasteiger partial charge in [-0.25, -0.2) is 0 Å². The molecule has 21 heavy (non-hydrogen) atoms. The van der Waals surface area contributed by atoms with Crippen molar-refractivity contribution in [3.8, 4) is 0 Å². The number of benzene rings is 1. The Labute approximate surface area is 128 Å². The van der Waals surface area contributed by atoms with Crippen molar-refractivity contribution in [3.05, 3.63) is 59.9 Å². The van der Waals surface area contributed by atoms with Gasteiger partial charge in [-0.05, 0) is 44.2 Å². The highest BCUT2D eigenvalue weighted by Crippen LogP contribution is 2.34. The van der Waals surface area contributed by atoms with Gasteiger partial charge in [-0.1, -0.05) is 23.8 Å². The van der Waals surface area contributed by atoms with Crippen LogP contribution in [0.5, 0.6) is 0 Å². The molecule has 2 heterocycles. The van der Waals surface area contributed by atoms with Crippen molar-refractivity contribution < 1.29 is 4.21 Å². The van der Waals surface area contributed by atoms with Crippen LogP contribution in [0.4, 0.5) is 0 Å². The first kappa shape index (κ1) is 14.4. The molecular formula is C17H20N2OS. The van der Waals surface area contributed by atoms with Crippen LogP contribution >= 0.6 is 0 Å². The molecule has 1 aliphatic heterocycles. The van der Waals surface area contributed by atoms with Crippen LogP contribution < -0.4 is 0 Å². The monoisotopic (exact) mass is 300 g/mol. The molecule has 1 aromatic heterocycles. The predicted molar refractivity (Wildman–Crippen MR) is 85.6 cm³/mol. The van der Waals surface area contributed by atoms with E-state index in [1.165, 1.54) is 11.1 Å². The Morgan fingerprint density at radius 1 is 1.24 bits per heavy atom. The summed E-state index contributed by atoms with van der Waals surface area (Å²) in [7, 11) is 1.16. The minimum absolute atomic E-state index is 0.183. The SMILES string of the molecule is Cc1ccc([S@](=O)C2C[C@@H](c3cccnc3)N(C)C2)cc1. The zero-order chi connectivity index (χ0) is 14.8. The summed E-state index contributed by atoms with van der Waals surface area (Å²) in [6.45, 7) is 2.91. The van der Waals surface area contributed by atoms with E-state index in [4.69, 9.17) is 0 Å². The fraction of sp³-hybridized carbons (Fsp3) is 0.353.